The Labute approximate surface area is 130 Å². The molecule has 1 aliphatic rings. The molecule has 0 amide bonds. The van der Waals surface area contributed by atoms with Crippen molar-refractivity contribution in [2.45, 2.75) is 58.2 Å². The number of hydrogen-bond donors (Lipinski definition) is 1. The van der Waals surface area contributed by atoms with Crippen LogP contribution in [0.3, 0.4) is 0 Å². The van der Waals surface area contributed by atoms with Gasteiger partial charge in [-0.05, 0) is 45.4 Å². The molecule has 0 aromatic heterocycles. The van der Waals surface area contributed by atoms with Crippen molar-refractivity contribution in [3.05, 3.63) is 0 Å². The molecule has 0 aromatic rings. The number of thioether (sulfide) groups is 1. The van der Waals surface area contributed by atoms with Crippen molar-refractivity contribution in [2.24, 2.45) is 5.92 Å². The molecule has 4 heteroatoms. The summed E-state index contributed by atoms with van der Waals surface area (Å²) in [5.74, 6) is 1.95. The highest BCUT2D eigenvalue weighted by atomic mass is 32.2. The van der Waals surface area contributed by atoms with E-state index in [9.17, 15) is 0 Å². The van der Waals surface area contributed by atoms with E-state index >= 15 is 0 Å². The molecule has 0 heterocycles. The van der Waals surface area contributed by atoms with Crippen molar-refractivity contribution in [3.8, 4) is 0 Å². The van der Waals surface area contributed by atoms with Gasteiger partial charge in [-0.2, -0.15) is 11.8 Å². The van der Waals surface area contributed by atoms with Crippen LogP contribution in [0, 0.1) is 5.92 Å². The summed E-state index contributed by atoms with van der Waals surface area (Å²) in [4.78, 5) is 2.41. The van der Waals surface area contributed by atoms with Gasteiger partial charge in [0.1, 0.15) is 0 Å². The zero-order chi connectivity index (χ0) is 15.0. The summed E-state index contributed by atoms with van der Waals surface area (Å²) in [6.45, 7) is 10.1. The van der Waals surface area contributed by atoms with E-state index < -0.39 is 0 Å². The minimum absolute atomic E-state index is 0.504. The predicted octanol–water partition coefficient (Wildman–Crippen LogP) is 2.85. The summed E-state index contributed by atoms with van der Waals surface area (Å²) in [6, 6.07) is 1.31. The lowest BCUT2D eigenvalue weighted by Crippen LogP contribution is -2.49. The Bertz CT molecular complexity index is 245. The van der Waals surface area contributed by atoms with Crippen LogP contribution >= 0.6 is 11.8 Å². The van der Waals surface area contributed by atoms with E-state index in [-0.39, 0.29) is 0 Å². The van der Waals surface area contributed by atoms with Gasteiger partial charge < -0.3 is 15.0 Å². The van der Waals surface area contributed by atoms with Crippen LogP contribution < -0.4 is 5.32 Å². The maximum absolute atomic E-state index is 5.93. The lowest BCUT2D eigenvalue weighted by molar-refractivity contribution is -0.0205. The number of nitrogens with one attached hydrogen (secondary N) is 1. The summed E-state index contributed by atoms with van der Waals surface area (Å²) < 4.78 is 5.93. The van der Waals surface area contributed by atoms with E-state index in [4.69, 9.17) is 4.74 Å². The van der Waals surface area contributed by atoms with E-state index in [1.54, 1.807) is 0 Å². The second kappa shape index (κ2) is 10.0. The average Bonchev–Trinajstić information content (AvgIpc) is 2.30. The van der Waals surface area contributed by atoms with Gasteiger partial charge in [-0.25, -0.2) is 0 Å². The van der Waals surface area contributed by atoms with Crippen molar-refractivity contribution >= 4 is 11.8 Å². The minimum atomic E-state index is 0.504. The fraction of sp³-hybridized carbons (Fsp3) is 1.00. The van der Waals surface area contributed by atoms with Gasteiger partial charge in [0.15, 0.2) is 0 Å². The molecule has 0 aliphatic heterocycles. The van der Waals surface area contributed by atoms with Crippen molar-refractivity contribution in [1.82, 2.24) is 10.2 Å². The van der Waals surface area contributed by atoms with Crippen molar-refractivity contribution in [2.75, 3.05) is 38.8 Å². The molecule has 1 fully saturated rings. The normalized spacial score (nSPS) is 24.1. The van der Waals surface area contributed by atoms with E-state index in [2.05, 4.69) is 44.3 Å². The number of ether oxygens (including phenoxy) is 1. The molecular formula is C16H34N2OS. The number of hydrogen-bond acceptors (Lipinski definition) is 4. The van der Waals surface area contributed by atoms with Gasteiger partial charge in [0.25, 0.3) is 0 Å². The Hall–Kier alpha value is 0.230. The molecule has 3 nitrogen and oxygen atoms in total. The van der Waals surface area contributed by atoms with Crippen molar-refractivity contribution in [3.63, 3.8) is 0 Å². The second-order valence-corrected chi connectivity index (χ2v) is 7.60. The molecule has 1 aliphatic carbocycles. The van der Waals surface area contributed by atoms with Crippen molar-refractivity contribution < 1.29 is 4.74 Å². The number of rotatable bonds is 11. The van der Waals surface area contributed by atoms with Gasteiger partial charge in [-0.1, -0.05) is 13.8 Å². The molecule has 120 valence electrons. The Morgan fingerprint density at radius 1 is 1.30 bits per heavy atom. The largest absolute Gasteiger partial charge is 0.378 e. The van der Waals surface area contributed by atoms with E-state index in [0.29, 0.717) is 18.2 Å². The number of nitrogens with zero attached hydrogens (tertiary/aromatic N) is 1. The summed E-state index contributed by atoms with van der Waals surface area (Å²) in [6.07, 6.45) is 6.22. The molecule has 0 spiro atoms. The molecule has 0 aromatic carbocycles. The van der Waals surface area contributed by atoms with E-state index in [0.717, 1.165) is 25.5 Å². The first kappa shape index (κ1) is 18.3. The maximum atomic E-state index is 5.93. The standard InChI is InChI=1S/C16H34N2OS/c1-13(2)11-18(4)7-6-8-19-16-9-15(10-16)17-14(3)12-20-5/h13-17H,6-12H2,1-5H3. The van der Waals surface area contributed by atoms with Crippen LogP contribution in [0.25, 0.3) is 0 Å². The zero-order valence-corrected chi connectivity index (χ0v) is 14.8. The van der Waals surface area contributed by atoms with E-state index in [1.165, 1.54) is 25.1 Å². The Morgan fingerprint density at radius 3 is 2.60 bits per heavy atom. The SMILES string of the molecule is CSCC(C)NC1CC(OCCCN(C)CC(C)C)C1. The average molecular weight is 303 g/mol. The monoisotopic (exact) mass is 302 g/mol. The van der Waals surface area contributed by atoms with Gasteiger partial charge in [0.05, 0.1) is 6.10 Å². The predicted molar refractivity (Wildman–Crippen MR) is 90.7 cm³/mol. The quantitative estimate of drug-likeness (QED) is 0.593. The van der Waals surface area contributed by atoms with E-state index in [1.807, 2.05) is 11.8 Å². The summed E-state index contributed by atoms with van der Waals surface area (Å²) >= 11 is 1.91. The summed E-state index contributed by atoms with van der Waals surface area (Å²) in [5, 5.41) is 3.67. The molecule has 20 heavy (non-hydrogen) atoms. The first-order valence-corrected chi connectivity index (χ1v) is 9.45. The smallest absolute Gasteiger partial charge is 0.0604 e. The van der Waals surface area contributed by atoms with Gasteiger partial charge in [-0.3, -0.25) is 0 Å². The minimum Gasteiger partial charge on any atom is -0.378 e. The molecule has 1 atom stereocenters. The van der Waals surface area contributed by atoms with Crippen LogP contribution in [-0.2, 0) is 4.74 Å². The first-order chi connectivity index (χ1) is 9.51. The molecule has 1 N–H and O–H groups in total. The highest BCUT2D eigenvalue weighted by Gasteiger charge is 2.30. The second-order valence-electron chi connectivity index (χ2n) is 6.69. The van der Waals surface area contributed by atoms with Gasteiger partial charge in [-0.15, -0.1) is 0 Å². The van der Waals surface area contributed by atoms with Crippen LogP contribution in [0.2, 0.25) is 0 Å². The first-order valence-electron chi connectivity index (χ1n) is 8.06. The molecule has 0 saturated heterocycles. The van der Waals surface area contributed by atoms with Gasteiger partial charge >= 0.3 is 0 Å². The fourth-order valence-corrected chi connectivity index (χ4v) is 3.43. The highest BCUT2D eigenvalue weighted by molar-refractivity contribution is 7.98. The topological polar surface area (TPSA) is 24.5 Å². The third-order valence-electron chi connectivity index (χ3n) is 3.75. The Morgan fingerprint density at radius 2 is 2.00 bits per heavy atom. The summed E-state index contributed by atoms with van der Waals surface area (Å²) in [7, 11) is 2.20. The highest BCUT2D eigenvalue weighted by Crippen LogP contribution is 2.24. The van der Waals surface area contributed by atoms with Crippen LogP contribution in [0.1, 0.15) is 40.0 Å². The van der Waals surface area contributed by atoms with Gasteiger partial charge in [0.2, 0.25) is 0 Å². The van der Waals surface area contributed by atoms with Crippen LogP contribution in [0.5, 0.6) is 0 Å². The Balaban J connectivity index is 1.93. The third kappa shape index (κ3) is 7.87. The van der Waals surface area contributed by atoms with Crippen LogP contribution in [-0.4, -0.2) is 61.8 Å². The van der Waals surface area contributed by atoms with Gasteiger partial charge in [0, 0.05) is 37.5 Å². The molecule has 1 saturated carbocycles. The molecule has 1 unspecified atom stereocenters. The lowest BCUT2D eigenvalue weighted by atomic mass is 9.89. The fourth-order valence-electron chi connectivity index (χ4n) is 2.84. The van der Waals surface area contributed by atoms with Crippen LogP contribution in [0.15, 0.2) is 0 Å². The molecular weight excluding hydrogens is 268 g/mol. The van der Waals surface area contributed by atoms with Crippen LogP contribution in [0.4, 0.5) is 0 Å². The maximum Gasteiger partial charge on any atom is 0.0604 e. The molecule has 1 rings (SSSR count). The van der Waals surface area contributed by atoms with Crippen molar-refractivity contribution in [1.29, 1.82) is 0 Å². The third-order valence-corrected chi connectivity index (χ3v) is 4.58. The summed E-state index contributed by atoms with van der Waals surface area (Å²) in [5.41, 5.74) is 0. The Kier molecular flexibility index (Phi) is 9.18. The lowest BCUT2D eigenvalue weighted by Gasteiger charge is -2.37. The zero-order valence-electron chi connectivity index (χ0n) is 14.0. The molecule has 0 bridgehead atoms. The molecule has 0 radical (unpaired) electrons.